The maximum atomic E-state index is 9.96. The van der Waals surface area contributed by atoms with Crippen LogP contribution in [-0.2, 0) is 6.42 Å². The SMILES string of the molecule is COc1cc2c(cc1O)C(CC(C)C)N(C)CC2. The van der Waals surface area contributed by atoms with Gasteiger partial charge in [0.1, 0.15) is 0 Å². The summed E-state index contributed by atoms with van der Waals surface area (Å²) in [4.78, 5) is 2.38. The van der Waals surface area contributed by atoms with E-state index in [9.17, 15) is 5.11 Å². The highest BCUT2D eigenvalue weighted by Crippen LogP contribution is 2.39. The molecule has 2 rings (SSSR count). The molecule has 0 aromatic heterocycles. The molecule has 1 aliphatic rings. The van der Waals surface area contributed by atoms with Crippen molar-refractivity contribution in [1.29, 1.82) is 0 Å². The molecule has 1 aromatic carbocycles. The van der Waals surface area contributed by atoms with Gasteiger partial charge in [0.2, 0.25) is 0 Å². The highest BCUT2D eigenvalue weighted by atomic mass is 16.5. The molecule has 0 bridgehead atoms. The molecule has 0 fully saturated rings. The minimum absolute atomic E-state index is 0.250. The van der Waals surface area contributed by atoms with Gasteiger partial charge >= 0.3 is 0 Å². The maximum Gasteiger partial charge on any atom is 0.160 e. The first-order valence-electron chi connectivity index (χ1n) is 6.63. The topological polar surface area (TPSA) is 32.7 Å². The van der Waals surface area contributed by atoms with Crippen molar-refractivity contribution in [2.45, 2.75) is 32.7 Å². The molecule has 1 aromatic rings. The number of hydrogen-bond donors (Lipinski definition) is 1. The van der Waals surface area contributed by atoms with E-state index in [0.717, 1.165) is 19.4 Å². The highest BCUT2D eigenvalue weighted by Gasteiger charge is 2.26. The van der Waals surface area contributed by atoms with Crippen molar-refractivity contribution in [2.75, 3.05) is 20.7 Å². The summed E-state index contributed by atoms with van der Waals surface area (Å²) in [6, 6.07) is 4.28. The third kappa shape index (κ3) is 2.46. The number of hydrogen-bond acceptors (Lipinski definition) is 3. The number of phenols is 1. The minimum atomic E-state index is 0.250. The number of methoxy groups -OCH3 is 1. The van der Waals surface area contributed by atoms with E-state index in [-0.39, 0.29) is 5.75 Å². The molecule has 0 saturated heterocycles. The van der Waals surface area contributed by atoms with Crippen LogP contribution >= 0.6 is 0 Å². The van der Waals surface area contributed by atoms with Crippen LogP contribution in [0.4, 0.5) is 0 Å². The van der Waals surface area contributed by atoms with Gasteiger partial charge in [-0.25, -0.2) is 0 Å². The number of benzene rings is 1. The Morgan fingerprint density at radius 3 is 2.78 bits per heavy atom. The normalized spacial score (nSPS) is 19.9. The number of likely N-dealkylation sites (N-methyl/N-ethyl adjacent to an activating group) is 1. The smallest absolute Gasteiger partial charge is 0.160 e. The van der Waals surface area contributed by atoms with Crippen LogP contribution in [0.3, 0.4) is 0 Å². The Kier molecular flexibility index (Phi) is 3.81. The lowest BCUT2D eigenvalue weighted by Gasteiger charge is -2.36. The van der Waals surface area contributed by atoms with Crippen molar-refractivity contribution in [2.24, 2.45) is 5.92 Å². The molecule has 0 aliphatic carbocycles. The summed E-state index contributed by atoms with van der Waals surface area (Å²) in [5.41, 5.74) is 2.57. The van der Waals surface area contributed by atoms with Gasteiger partial charge in [-0.3, -0.25) is 4.90 Å². The Labute approximate surface area is 109 Å². The van der Waals surface area contributed by atoms with E-state index < -0.39 is 0 Å². The zero-order chi connectivity index (χ0) is 13.3. The second-order valence-corrected chi connectivity index (χ2v) is 5.60. The molecule has 100 valence electrons. The standard InChI is InChI=1S/C15H23NO2/c1-10(2)7-13-12-9-14(17)15(18-4)8-11(12)5-6-16(13)3/h8-10,13,17H,5-7H2,1-4H3. The monoisotopic (exact) mass is 249 g/mol. The largest absolute Gasteiger partial charge is 0.504 e. The number of aromatic hydroxyl groups is 1. The predicted molar refractivity (Wildman–Crippen MR) is 73.2 cm³/mol. The number of ether oxygens (including phenoxy) is 1. The molecule has 1 atom stereocenters. The van der Waals surface area contributed by atoms with Crippen LogP contribution in [0.15, 0.2) is 12.1 Å². The quantitative estimate of drug-likeness (QED) is 0.894. The summed E-state index contributed by atoms with van der Waals surface area (Å²) in [7, 11) is 3.76. The van der Waals surface area contributed by atoms with Gasteiger partial charge in [0, 0.05) is 12.6 Å². The van der Waals surface area contributed by atoms with E-state index >= 15 is 0 Å². The van der Waals surface area contributed by atoms with Gasteiger partial charge in [-0.15, -0.1) is 0 Å². The van der Waals surface area contributed by atoms with E-state index in [1.165, 1.54) is 11.1 Å². The molecule has 1 unspecified atom stereocenters. The molecular formula is C15H23NO2. The third-order valence-corrected chi connectivity index (χ3v) is 3.76. The average Bonchev–Trinajstić information content (AvgIpc) is 2.32. The molecule has 3 nitrogen and oxygen atoms in total. The predicted octanol–water partition coefficient (Wildman–Crippen LogP) is 2.98. The van der Waals surface area contributed by atoms with Gasteiger partial charge in [-0.05, 0) is 49.1 Å². The zero-order valence-corrected chi connectivity index (χ0v) is 11.7. The summed E-state index contributed by atoms with van der Waals surface area (Å²) in [6.07, 6.45) is 2.15. The maximum absolute atomic E-state index is 9.96. The van der Waals surface area contributed by atoms with Crippen LogP contribution in [-0.4, -0.2) is 30.7 Å². The molecule has 0 spiro atoms. The van der Waals surface area contributed by atoms with Crippen molar-refractivity contribution in [3.05, 3.63) is 23.3 Å². The second-order valence-electron chi connectivity index (χ2n) is 5.60. The van der Waals surface area contributed by atoms with Gasteiger partial charge in [0.05, 0.1) is 7.11 Å². The zero-order valence-electron chi connectivity index (χ0n) is 11.7. The second kappa shape index (κ2) is 5.19. The first-order chi connectivity index (χ1) is 8.52. The third-order valence-electron chi connectivity index (χ3n) is 3.76. The van der Waals surface area contributed by atoms with E-state index in [4.69, 9.17) is 4.74 Å². The lowest BCUT2D eigenvalue weighted by atomic mass is 9.87. The summed E-state index contributed by atoms with van der Waals surface area (Å²) < 4.78 is 5.19. The van der Waals surface area contributed by atoms with Crippen molar-refractivity contribution in [1.82, 2.24) is 4.90 Å². The number of fused-ring (bicyclic) bond motifs is 1. The number of phenolic OH excluding ortho intramolecular Hbond substituents is 1. The van der Waals surface area contributed by atoms with Crippen molar-refractivity contribution in [3.63, 3.8) is 0 Å². The fraction of sp³-hybridized carbons (Fsp3) is 0.600. The summed E-state index contributed by atoms with van der Waals surface area (Å²) in [5.74, 6) is 1.48. The molecule has 0 amide bonds. The average molecular weight is 249 g/mol. The van der Waals surface area contributed by atoms with Crippen LogP contribution in [0.1, 0.15) is 37.4 Å². The fourth-order valence-electron chi connectivity index (χ4n) is 2.76. The Morgan fingerprint density at radius 1 is 1.44 bits per heavy atom. The van der Waals surface area contributed by atoms with Crippen LogP contribution in [0, 0.1) is 5.92 Å². The Balaban J connectivity index is 2.40. The summed E-state index contributed by atoms with van der Waals surface area (Å²) in [5, 5.41) is 9.96. The lowest BCUT2D eigenvalue weighted by Crippen LogP contribution is -2.33. The van der Waals surface area contributed by atoms with Crippen molar-refractivity contribution in [3.8, 4) is 11.5 Å². The summed E-state index contributed by atoms with van der Waals surface area (Å²) in [6.45, 7) is 5.55. The minimum Gasteiger partial charge on any atom is -0.504 e. The lowest BCUT2D eigenvalue weighted by molar-refractivity contribution is 0.201. The molecule has 3 heteroatoms. The molecule has 0 saturated carbocycles. The van der Waals surface area contributed by atoms with Crippen LogP contribution in [0.25, 0.3) is 0 Å². The van der Waals surface area contributed by atoms with E-state index in [1.807, 2.05) is 12.1 Å². The first kappa shape index (κ1) is 13.2. The molecule has 1 aliphatic heterocycles. The summed E-state index contributed by atoms with van der Waals surface area (Å²) >= 11 is 0. The Morgan fingerprint density at radius 2 is 2.17 bits per heavy atom. The van der Waals surface area contributed by atoms with Gasteiger partial charge < -0.3 is 9.84 Å². The Bertz CT molecular complexity index is 429. The van der Waals surface area contributed by atoms with Crippen LogP contribution < -0.4 is 4.74 Å². The van der Waals surface area contributed by atoms with Gasteiger partial charge in [0.15, 0.2) is 11.5 Å². The number of nitrogens with zero attached hydrogens (tertiary/aromatic N) is 1. The molecule has 18 heavy (non-hydrogen) atoms. The van der Waals surface area contributed by atoms with Crippen LogP contribution in [0.5, 0.6) is 11.5 Å². The van der Waals surface area contributed by atoms with Gasteiger partial charge in [-0.1, -0.05) is 13.8 Å². The highest BCUT2D eigenvalue weighted by molar-refractivity contribution is 5.48. The fourth-order valence-corrected chi connectivity index (χ4v) is 2.76. The van der Waals surface area contributed by atoms with E-state index in [1.54, 1.807) is 7.11 Å². The van der Waals surface area contributed by atoms with Gasteiger partial charge in [0.25, 0.3) is 0 Å². The molecule has 1 N–H and O–H groups in total. The van der Waals surface area contributed by atoms with Crippen LogP contribution in [0.2, 0.25) is 0 Å². The molecule has 1 heterocycles. The molecule has 0 radical (unpaired) electrons. The molecular weight excluding hydrogens is 226 g/mol. The van der Waals surface area contributed by atoms with E-state index in [2.05, 4.69) is 25.8 Å². The van der Waals surface area contributed by atoms with Crippen molar-refractivity contribution < 1.29 is 9.84 Å². The Hall–Kier alpha value is -1.22. The van der Waals surface area contributed by atoms with Crippen molar-refractivity contribution >= 4 is 0 Å². The number of rotatable bonds is 3. The van der Waals surface area contributed by atoms with E-state index in [0.29, 0.717) is 17.7 Å². The van der Waals surface area contributed by atoms with Gasteiger partial charge in [-0.2, -0.15) is 0 Å². The first-order valence-corrected chi connectivity index (χ1v) is 6.63.